The molecular formula is C24H17ClO5. The summed E-state index contributed by atoms with van der Waals surface area (Å²) < 4.78 is 10.6. The van der Waals surface area contributed by atoms with Crippen molar-refractivity contribution in [1.82, 2.24) is 0 Å². The number of fused-ring (bicyclic) bond motifs is 1. The van der Waals surface area contributed by atoms with Crippen LogP contribution in [0, 0.1) is 0 Å². The van der Waals surface area contributed by atoms with Crippen LogP contribution in [0.4, 0.5) is 0 Å². The Balaban J connectivity index is 1.78. The van der Waals surface area contributed by atoms with Crippen molar-refractivity contribution in [1.29, 1.82) is 0 Å². The molecule has 2 aromatic carbocycles. The fourth-order valence-corrected chi connectivity index (χ4v) is 3.49. The van der Waals surface area contributed by atoms with Crippen molar-refractivity contribution in [2.45, 2.75) is 12.3 Å². The van der Waals surface area contributed by atoms with Crippen LogP contribution in [0.15, 0.2) is 86.6 Å². The molecule has 30 heavy (non-hydrogen) atoms. The van der Waals surface area contributed by atoms with Crippen molar-refractivity contribution in [2.24, 2.45) is 0 Å². The van der Waals surface area contributed by atoms with Crippen LogP contribution in [0.1, 0.15) is 29.2 Å². The molecule has 0 fully saturated rings. The van der Waals surface area contributed by atoms with Crippen molar-refractivity contribution in [3.8, 4) is 5.75 Å². The molecule has 0 spiro atoms. The van der Waals surface area contributed by atoms with Crippen molar-refractivity contribution in [3.63, 3.8) is 0 Å². The molecule has 2 aromatic heterocycles. The van der Waals surface area contributed by atoms with E-state index in [4.69, 9.17) is 20.4 Å². The molecule has 1 N–H and O–H groups in total. The highest BCUT2D eigenvalue weighted by Gasteiger charge is 2.26. The van der Waals surface area contributed by atoms with Crippen molar-refractivity contribution < 1.29 is 18.7 Å². The Morgan fingerprint density at radius 3 is 2.57 bits per heavy atom. The van der Waals surface area contributed by atoms with Crippen LogP contribution in [-0.4, -0.2) is 10.9 Å². The monoisotopic (exact) mass is 420 g/mol. The molecule has 1 atom stereocenters. The summed E-state index contributed by atoms with van der Waals surface area (Å²) in [6, 6.07) is 17.0. The fraction of sp³-hybridized carbons (Fsp3) is 0.0833. The van der Waals surface area contributed by atoms with Gasteiger partial charge in [-0.05, 0) is 54.1 Å². The summed E-state index contributed by atoms with van der Waals surface area (Å²) in [5, 5.41) is 11.8. The number of allylic oxidation sites excluding steroid dienone is 1. The van der Waals surface area contributed by atoms with Crippen LogP contribution in [0.2, 0.25) is 5.02 Å². The van der Waals surface area contributed by atoms with E-state index in [0.29, 0.717) is 21.7 Å². The quantitative estimate of drug-likeness (QED) is 0.326. The molecule has 5 nitrogen and oxygen atoms in total. The van der Waals surface area contributed by atoms with Gasteiger partial charge >= 0.3 is 5.63 Å². The van der Waals surface area contributed by atoms with E-state index in [0.717, 1.165) is 0 Å². The van der Waals surface area contributed by atoms with Crippen LogP contribution >= 0.6 is 11.6 Å². The van der Waals surface area contributed by atoms with E-state index in [-0.39, 0.29) is 29.1 Å². The normalized spacial score (nSPS) is 12.4. The lowest BCUT2D eigenvalue weighted by Gasteiger charge is -2.17. The number of carbonyl (C=O) groups excluding carboxylic acids is 1. The summed E-state index contributed by atoms with van der Waals surface area (Å²) in [7, 11) is 0. The number of furan rings is 1. The first-order valence-corrected chi connectivity index (χ1v) is 9.65. The van der Waals surface area contributed by atoms with Gasteiger partial charge in [0.2, 0.25) is 0 Å². The summed E-state index contributed by atoms with van der Waals surface area (Å²) in [6.45, 7) is 0. The van der Waals surface area contributed by atoms with Gasteiger partial charge < -0.3 is 13.9 Å². The summed E-state index contributed by atoms with van der Waals surface area (Å²) in [6.07, 6.45) is 4.42. The van der Waals surface area contributed by atoms with Gasteiger partial charge in [0.25, 0.3) is 0 Å². The third-order valence-electron chi connectivity index (χ3n) is 4.82. The Kier molecular flexibility index (Phi) is 5.55. The smallest absolute Gasteiger partial charge is 0.343 e. The van der Waals surface area contributed by atoms with Crippen molar-refractivity contribution in [3.05, 3.63) is 105 Å². The second-order valence-corrected chi connectivity index (χ2v) is 7.21. The maximum Gasteiger partial charge on any atom is 0.343 e. The zero-order valence-corrected chi connectivity index (χ0v) is 16.5. The van der Waals surface area contributed by atoms with E-state index in [9.17, 15) is 14.7 Å². The van der Waals surface area contributed by atoms with Crippen molar-refractivity contribution in [2.75, 3.05) is 0 Å². The molecule has 4 aromatic rings. The van der Waals surface area contributed by atoms with Gasteiger partial charge in [0.05, 0.1) is 17.2 Å². The molecule has 0 aliphatic heterocycles. The van der Waals surface area contributed by atoms with Gasteiger partial charge in [-0.3, -0.25) is 4.79 Å². The van der Waals surface area contributed by atoms with E-state index < -0.39 is 11.5 Å². The van der Waals surface area contributed by atoms with Gasteiger partial charge in [0, 0.05) is 17.4 Å². The Labute approximate surface area is 176 Å². The molecule has 0 aliphatic rings. The average Bonchev–Trinajstić information content (AvgIpc) is 3.26. The van der Waals surface area contributed by atoms with E-state index in [1.807, 2.05) is 0 Å². The first-order valence-electron chi connectivity index (χ1n) is 9.27. The number of ketones is 1. The maximum absolute atomic E-state index is 12.8. The van der Waals surface area contributed by atoms with Crippen molar-refractivity contribution >= 4 is 34.4 Å². The first kappa shape index (κ1) is 19.7. The molecule has 0 radical (unpaired) electrons. The summed E-state index contributed by atoms with van der Waals surface area (Å²) >= 11 is 6.00. The van der Waals surface area contributed by atoms with Gasteiger partial charge in [0.15, 0.2) is 5.78 Å². The fourth-order valence-electron chi connectivity index (χ4n) is 3.37. The topological polar surface area (TPSA) is 80.7 Å². The lowest BCUT2D eigenvalue weighted by atomic mass is 9.86. The van der Waals surface area contributed by atoms with E-state index >= 15 is 0 Å². The third-order valence-corrected chi connectivity index (χ3v) is 5.07. The van der Waals surface area contributed by atoms with E-state index in [2.05, 4.69) is 0 Å². The van der Waals surface area contributed by atoms with Crippen LogP contribution in [-0.2, 0) is 4.79 Å². The number of aromatic hydroxyl groups is 1. The molecule has 2 heterocycles. The van der Waals surface area contributed by atoms with Gasteiger partial charge in [-0.1, -0.05) is 35.9 Å². The highest BCUT2D eigenvalue weighted by molar-refractivity contribution is 6.30. The minimum atomic E-state index is -0.711. The molecule has 4 rings (SSSR count). The Morgan fingerprint density at radius 2 is 1.83 bits per heavy atom. The summed E-state index contributed by atoms with van der Waals surface area (Å²) in [5.74, 6) is -0.598. The molecule has 0 aliphatic carbocycles. The van der Waals surface area contributed by atoms with Crippen LogP contribution in [0.3, 0.4) is 0 Å². The van der Waals surface area contributed by atoms with Gasteiger partial charge in [-0.2, -0.15) is 0 Å². The summed E-state index contributed by atoms with van der Waals surface area (Å²) in [5.41, 5.74) is 0.296. The summed E-state index contributed by atoms with van der Waals surface area (Å²) in [4.78, 5) is 25.4. The molecule has 0 bridgehead atoms. The van der Waals surface area contributed by atoms with Gasteiger partial charge in [-0.25, -0.2) is 4.79 Å². The highest BCUT2D eigenvalue weighted by atomic mass is 35.5. The molecule has 6 heteroatoms. The van der Waals surface area contributed by atoms with Crippen LogP contribution in [0.25, 0.3) is 17.0 Å². The number of hydrogen-bond donors (Lipinski definition) is 1. The number of rotatable bonds is 6. The largest absolute Gasteiger partial charge is 0.507 e. The van der Waals surface area contributed by atoms with E-state index in [1.54, 1.807) is 66.7 Å². The number of hydrogen-bond acceptors (Lipinski definition) is 5. The van der Waals surface area contributed by atoms with Gasteiger partial charge in [-0.15, -0.1) is 0 Å². The molecular weight excluding hydrogens is 404 g/mol. The SMILES string of the molecule is O=C(/C=C/c1ccco1)CC(c1ccc(Cl)cc1)c1c(O)c2ccccc2oc1=O. The minimum Gasteiger partial charge on any atom is -0.507 e. The van der Waals surface area contributed by atoms with Gasteiger partial charge in [0.1, 0.15) is 17.1 Å². The van der Waals surface area contributed by atoms with Crippen LogP contribution < -0.4 is 5.63 Å². The standard InChI is InChI=1S/C24H17ClO5/c25-16-9-7-15(8-10-16)20(14-17(26)11-12-18-4-3-13-29-18)22-23(27)19-5-1-2-6-21(19)30-24(22)28/h1-13,20,27H,14H2/b12-11+. The van der Waals surface area contributed by atoms with E-state index in [1.165, 1.54) is 12.3 Å². The number of para-hydroxylation sites is 1. The second kappa shape index (κ2) is 8.43. The third kappa shape index (κ3) is 4.07. The van der Waals surface area contributed by atoms with Crippen LogP contribution in [0.5, 0.6) is 5.75 Å². The predicted octanol–water partition coefficient (Wildman–Crippen LogP) is 5.55. The molecule has 0 amide bonds. The zero-order valence-electron chi connectivity index (χ0n) is 15.7. The molecule has 150 valence electrons. The lowest BCUT2D eigenvalue weighted by molar-refractivity contribution is -0.114. The molecule has 1 unspecified atom stereocenters. The first-order chi connectivity index (χ1) is 14.5. The average molecular weight is 421 g/mol. The Hall–Kier alpha value is -3.57. The minimum absolute atomic E-state index is 0.0378. The molecule has 0 saturated heterocycles. The Bertz CT molecular complexity index is 1270. The number of halogens is 1. The number of carbonyl (C=O) groups is 1. The highest BCUT2D eigenvalue weighted by Crippen LogP contribution is 2.36. The second-order valence-electron chi connectivity index (χ2n) is 6.77. The maximum atomic E-state index is 12.8. The molecule has 0 saturated carbocycles. The Morgan fingerprint density at radius 1 is 1.07 bits per heavy atom. The lowest BCUT2D eigenvalue weighted by Crippen LogP contribution is -2.16. The predicted molar refractivity (Wildman–Crippen MR) is 115 cm³/mol. The number of benzene rings is 2. The zero-order chi connectivity index (χ0) is 21.1.